The van der Waals surface area contributed by atoms with Gasteiger partial charge in [-0.2, -0.15) is 4.98 Å². The van der Waals surface area contributed by atoms with Gasteiger partial charge in [0.1, 0.15) is 11.3 Å². The van der Waals surface area contributed by atoms with Gasteiger partial charge in [-0.15, -0.1) is 0 Å². The number of aromatic nitrogens is 2. The molecule has 3 aliphatic rings. The van der Waals surface area contributed by atoms with E-state index in [-0.39, 0.29) is 6.10 Å². The van der Waals surface area contributed by atoms with E-state index in [1.165, 1.54) is 19.3 Å². The van der Waals surface area contributed by atoms with Gasteiger partial charge in [-0.25, -0.2) is 4.98 Å². The molecule has 24 heavy (non-hydrogen) atoms. The van der Waals surface area contributed by atoms with Gasteiger partial charge in [-0.05, 0) is 32.7 Å². The van der Waals surface area contributed by atoms with Crippen LogP contribution in [0, 0.1) is 0 Å². The molecule has 3 saturated heterocycles. The highest BCUT2D eigenvalue weighted by molar-refractivity contribution is 6.29. The molecule has 1 aromatic heterocycles. The van der Waals surface area contributed by atoms with E-state index in [0.29, 0.717) is 41.7 Å². The van der Waals surface area contributed by atoms with Gasteiger partial charge in [-0.3, -0.25) is 0 Å². The maximum absolute atomic E-state index is 6.16. The van der Waals surface area contributed by atoms with Crippen LogP contribution in [0.4, 0.5) is 5.95 Å². The van der Waals surface area contributed by atoms with Crippen LogP contribution in [0.2, 0.25) is 5.15 Å². The van der Waals surface area contributed by atoms with Crippen molar-refractivity contribution in [2.45, 2.75) is 62.8 Å². The third-order valence-corrected chi connectivity index (χ3v) is 5.71. The molecule has 0 amide bonds. The summed E-state index contributed by atoms with van der Waals surface area (Å²) in [6.07, 6.45) is 7.15. The van der Waals surface area contributed by atoms with E-state index >= 15 is 0 Å². The van der Waals surface area contributed by atoms with Crippen LogP contribution in [0.1, 0.15) is 38.5 Å². The lowest BCUT2D eigenvalue weighted by Gasteiger charge is -2.47. The van der Waals surface area contributed by atoms with E-state index in [0.717, 1.165) is 25.9 Å². The maximum atomic E-state index is 6.16. The first-order valence-electron chi connectivity index (χ1n) is 8.95. The van der Waals surface area contributed by atoms with Gasteiger partial charge >= 0.3 is 0 Å². The molecule has 3 aliphatic heterocycles. The SMILES string of the molecule is CN1C2CCCC1CC(Nc1nc(Cl)cc(OC3CCOC3)n1)C2. The monoisotopic (exact) mass is 352 g/mol. The van der Waals surface area contributed by atoms with Crippen LogP contribution in [-0.2, 0) is 4.74 Å². The molecule has 0 aliphatic carbocycles. The van der Waals surface area contributed by atoms with Crippen LogP contribution in [0.5, 0.6) is 5.88 Å². The largest absolute Gasteiger partial charge is 0.472 e. The first-order chi connectivity index (χ1) is 11.7. The fourth-order valence-corrected chi connectivity index (χ4v) is 4.39. The number of halogens is 1. The van der Waals surface area contributed by atoms with Gasteiger partial charge in [0.2, 0.25) is 11.8 Å². The molecule has 3 fully saturated rings. The Bertz CT molecular complexity index is 568. The normalized spacial score (nSPS) is 33.4. The van der Waals surface area contributed by atoms with Gasteiger partial charge < -0.3 is 19.7 Å². The topological polar surface area (TPSA) is 59.5 Å². The van der Waals surface area contributed by atoms with Crippen molar-refractivity contribution in [3.63, 3.8) is 0 Å². The molecule has 0 spiro atoms. The Hall–Kier alpha value is -1.11. The van der Waals surface area contributed by atoms with E-state index in [4.69, 9.17) is 21.1 Å². The minimum absolute atomic E-state index is 0.0616. The molecule has 4 heterocycles. The third kappa shape index (κ3) is 3.60. The average Bonchev–Trinajstić information content (AvgIpc) is 3.00. The number of nitrogens with one attached hydrogen (secondary N) is 1. The molecule has 0 aromatic carbocycles. The number of hydrogen-bond donors (Lipinski definition) is 1. The summed E-state index contributed by atoms with van der Waals surface area (Å²) in [6.45, 7) is 1.36. The highest BCUT2D eigenvalue weighted by atomic mass is 35.5. The molecule has 1 aromatic rings. The minimum atomic E-state index is 0.0616. The number of fused-ring (bicyclic) bond motifs is 2. The highest BCUT2D eigenvalue weighted by Gasteiger charge is 2.36. The fraction of sp³-hybridized carbons (Fsp3) is 0.765. The Morgan fingerprint density at radius 2 is 2.04 bits per heavy atom. The highest BCUT2D eigenvalue weighted by Crippen LogP contribution is 2.33. The van der Waals surface area contributed by atoms with Crippen molar-refractivity contribution in [2.75, 3.05) is 25.6 Å². The summed E-state index contributed by atoms with van der Waals surface area (Å²) in [5.41, 5.74) is 0. The fourth-order valence-electron chi connectivity index (χ4n) is 4.21. The summed E-state index contributed by atoms with van der Waals surface area (Å²) in [7, 11) is 2.26. The van der Waals surface area contributed by atoms with Gasteiger partial charge in [0.05, 0.1) is 13.2 Å². The van der Waals surface area contributed by atoms with Crippen LogP contribution in [0.3, 0.4) is 0 Å². The Labute approximate surface area is 147 Å². The van der Waals surface area contributed by atoms with Crippen molar-refractivity contribution in [1.29, 1.82) is 0 Å². The Balaban J connectivity index is 1.43. The van der Waals surface area contributed by atoms with Gasteiger partial charge in [0.25, 0.3) is 0 Å². The van der Waals surface area contributed by atoms with E-state index in [1.807, 2.05) is 0 Å². The zero-order valence-corrected chi connectivity index (χ0v) is 14.8. The van der Waals surface area contributed by atoms with Crippen LogP contribution in [0.15, 0.2) is 6.07 Å². The van der Waals surface area contributed by atoms with E-state index in [1.54, 1.807) is 6.07 Å². The van der Waals surface area contributed by atoms with Gasteiger partial charge in [0.15, 0.2) is 0 Å². The van der Waals surface area contributed by atoms with Crippen LogP contribution in [-0.4, -0.2) is 59.4 Å². The molecule has 7 heteroatoms. The van der Waals surface area contributed by atoms with Crippen molar-refractivity contribution < 1.29 is 9.47 Å². The quantitative estimate of drug-likeness (QED) is 0.841. The molecule has 3 unspecified atom stereocenters. The number of rotatable bonds is 4. The second kappa shape index (κ2) is 7.02. The van der Waals surface area contributed by atoms with Crippen LogP contribution in [0.25, 0.3) is 0 Å². The summed E-state index contributed by atoms with van der Waals surface area (Å²) < 4.78 is 11.2. The summed E-state index contributed by atoms with van der Waals surface area (Å²) in [6, 6.07) is 3.41. The Kier molecular flexibility index (Phi) is 4.79. The lowest BCUT2D eigenvalue weighted by atomic mass is 9.82. The summed E-state index contributed by atoms with van der Waals surface area (Å²) >= 11 is 6.16. The molecule has 0 radical (unpaired) electrons. The molecule has 4 rings (SSSR count). The first-order valence-corrected chi connectivity index (χ1v) is 9.32. The van der Waals surface area contributed by atoms with Crippen molar-refractivity contribution in [3.05, 3.63) is 11.2 Å². The molecular formula is C17H25ClN4O2. The molecule has 132 valence electrons. The molecule has 0 saturated carbocycles. The minimum Gasteiger partial charge on any atom is -0.472 e. The summed E-state index contributed by atoms with van der Waals surface area (Å²) in [4.78, 5) is 11.4. The van der Waals surface area contributed by atoms with Crippen molar-refractivity contribution in [3.8, 4) is 5.88 Å². The Morgan fingerprint density at radius 3 is 2.75 bits per heavy atom. The number of hydrogen-bond acceptors (Lipinski definition) is 6. The lowest BCUT2D eigenvalue weighted by Crippen LogP contribution is -2.52. The number of anilines is 1. The smallest absolute Gasteiger partial charge is 0.227 e. The Morgan fingerprint density at radius 1 is 1.25 bits per heavy atom. The first kappa shape index (κ1) is 16.4. The average molecular weight is 353 g/mol. The van der Waals surface area contributed by atoms with E-state index < -0.39 is 0 Å². The zero-order chi connectivity index (χ0) is 16.5. The van der Waals surface area contributed by atoms with Crippen molar-refractivity contribution >= 4 is 17.5 Å². The van der Waals surface area contributed by atoms with E-state index in [9.17, 15) is 0 Å². The number of piperidine rings is 2. The molecule has 3 atom stereocenters. The maximum Gasteiger partial charge on any atom is 0.227 e. The predicted octanol–water partition coefficient (Wildman–Crippen LogP) is 2.72. The van der Waals surface area contributed by atoms with Crippen molar-refractivity contribution in [2.24, 2.45) is 0 Å². The third-order valence-electron chi connectivity index (χ3n) is 5.52. The zero-order valence-electron chi connectivity index (χ0n) is 14.1. The molecule has 1 N–H and O–H groups in total. The number of nitrogens with zero attached hydrogens (tertiary/aromatic N) is 3. The second-order valence-corrected chi connectivity index (χ2v) is 7.56. The van der Waals surface area contributed by atoms with E-state index in [2.05, 4.69) is 27.2 Å². The molecular weight excluding hydrogens is 328 g/mol. The lowest BCUT2D eigenvalue weighted by molar-refractivity contribution is 0.0607. The molecule has 6 nitrogen and oxygen atoms in total. The summed E-state index contributed by atoms with van der Waals surface area (Å²) in [5, 5.41) is 3.90. The number of ether oxygens (including phenoxy) is 2. The second-order valence-electron chi connectivity index (χ2n) is 7.17. The van der Waals surface area contributed by atoms with Crippen LogP contribution < -0.4 is 10.1 Å². The summed E-state index contributed by atoms with van der Waals surface area (Å²) in [5.74, 6) is 1.10. The van der Waals surface area contributed by atoms with Gasteiger partial charge in [0, 0.05) is 30.6 Å². The van der Waals surface area contributed by atoms with Gasteiger partial charge in [-0.1, -0.05) is 18.0 Å². The standard InChI is InChI=1S/C17H25ClN4O2/c1-22-12-3-2-4-13(22)8-11(7-12)19-17-20-15(18)9-16(21-17)24-14-5-6-23-10-14/h9,11-14H,2-8,10H2,1H3,(H,19,20,21). The predicted molar refractivity (Wildman–Crippen MR) is 92.7 cm³/mol. The molecule has 2 bridgehead atoms. The van der Waals surface area contributed by atoms with Crippen LogP contribution >= 0.6 is 11.6 Å². The van der Waals surface area contributed by atoms with Crippen molar-refractivity contribution in [1.82, 2.24) is 14.9 Å².